The normalized spacial score (nSPS) is 11.5. The first-order valence-corrected chi connectivity index (χ1v) is 10.1. The number of carbonyl (C=O) groups is 2. The zero-order valence-corrected chi connectivity index (χ0v) is 18.2. The lowest BCUT2D eigenvalue weighted by atomic mass is 10.0. The second-order valence-electron chi connectivity index (χ2n) is 7.00. The maximum Gasteiger partial charge on any atom is 0.376 e. The van der Waals surface area contributed by atoms with E-state index in [1.807, 2.05) is 0 Å². The number of rotatable bonds is 7. The van der Waals surface area contributed by atoms with E-state index in [4.69, 9.17) is 28.3 Å². The molecule has 0 aliphatic rings. The lowest BCUT2D eigenvalue weighted by Gasteiger charge is -2.13. The first-order chi connectivity index (χ1) is 15.6. The van der Waals surface area contributed by atoms with Gasteiger partial charge in [-0.3, -0.25) is 9.59 Å². The predicted molar refractivity (Wildman–Crippen MR) is 119 cm³/mol. The van der Waals surface area contributed by atoms with Gasteiger partial charge in [0.2, 0.25) is 0 Å². The summed E-state index contributed by atoms with van der Waals surface area (Å²) in [6.45, 7) is -0.301. The second-order valence-corrected chi connectivity index (χ2v) is 7.81. The number of hydrogen-bond acceptors (Lipinski definition) is 4. The third-order valence-electron chi connectivity index (χ3n) is 4.70. The summed E-state index contributed by atoms with van der Waals surface area (Å²) in [7, 11) is 0. The van der Waals surface area contributed by atoms with Crippen LogP contribution in [0.15, 0.2) is 59.5 Å². The fourth-order valence-electron chi connectivity index (χ4n) is 3.12. The topological polar surface area (TPSA) is 96.6 Å². The highest BCUT2D eigenvalue weighted by atomic mass is 35.5. The van der Waals surface area contributed by atoms with Gasteiger partial charge in [-0.1, -0.05) is 47.5 Å². The van der Waals surface area contributed by atoms with Crippen LogP contribution in [0.3, 0.4) is 0 Å². The van der Waals surface area contributed by atoms with Crippen molar-refractivity contribution >= 4 is 40.7 Å². The van der Waals surface area contributed by atoms with Crippen molar-refractivity contribution in [3.63, 3.8) is 0 Å². The minimum absolute atomic E-state index is 0.0618. The van der Waals surface area contributed by atoms with E-state index in [9.17, 15) is 28.3 Å². The third-order valence-corrected chi connectivity index (χ3v) is 5.28. The van der Waals surface area contributed by atoms with E-state index in [0.717, 1.165) is 4.57 Å². The molecule has 6 nitrogen and oxygen atoms in total. The number of hydrogen-bond donors (Lipinski definition) is 2. The van der Waals surface area contributed by atoms with Gasteiger partial charge in [0.1, 0.15) is 17.4 Å². The Hall–Kier alpha value is -3.49. The fraction of sp³-hybridized carbons (Fsp3) is 0.0870. The molecule has 170 valence electrons. The summed E-state index contributed by atoms with van der Waals surface area (Å²) in [5.74, 6) is -5.62. The van der Waals surface area contributed by atoms with E-state index in [1.165, 1.54) is 48.7 Å². The van der Waals surface area contributed by atoms with Crippen molar-refractivity contribution in [1.82, 2.24) is 4.57 Å². The summed E-state index contributed by atoms with van der Waals surface area (Å²) in [6, 6.07) is 9.77. The highest BCUT2D eigenvalue weighted by Crippen LogP contribution is 2.22. The zero-order chi connectivity index (χ0) is 24.3. The molecule has 3 aromatic rings. The van der Waals surface area contributed by atoms with Crippen molar-refractivity contribution in [3.8, 4) is 0 Å². The van der Waals surface area contributed by atoms with Crippen LogP contribution < -0.4 is 5.56 Å². The minimum atomic E-state index is -1.83. The summed E-state index contributed by atoms with van der Waals surface area (Å²) in [5, 5.41) is 18.8. The van der Waals surface area contributed by atoms with E-state index in [0.29, 0.717) is 11.6 Å². The van der Waals surface area contributed by atoms with Crippen LogP contribution >= 0.6 is 23.2 Å². The van der Waals surface area contributed by atoms with Crippen molar-refractivity contribution in [2.24, 2.45) is 0 Å². The molecule has 2 aromatic carbocycles. The largest absolute Gasteiger partial charge is 0.507 e. The van der Waals surface area contributed by atoms with Gasteiger partial charge >= 0.3 is 5.97 Å². The molecule has 0 aliphatic heterocycles. The van der Waals surface area contributed by atoms with Gasteiger partial charge in [-0.05, 0) is 29.3 Å². The SMILES string of the molecule is O=C(O)C(=O)/C=C(\O)c1cc(Cc2cccc(Cl)c2F)cn(Cc2cccc(Cl)c2F)c1=O. The number of benzene rings is 2. The third kappa shape index (κ3) is 5.47. The second kappa shape index (κ2) is 9.97. The van der Waals surface area contributed by atoms with Gasteiger partial charge in [-0.15, -0.1) is 0 Å². The van der Waals surface area contributed by atoms with Crippen LogP contribution in [0, 0.1) is 11.6 Å². The van der Waals surface area contributed by atoms with Crippen molar-refractivity contribution in [3.05, 3.63) is 109 Å². The number of nitrogens with zero attached hydrogens (tertiary/aromatic N) is 1. The van der Waals surface area contributed by atoms with Gasteiger partial charge in [0, 0.05) is 24.3 Å². The molecule has 0 fully saturated rings. The van der Waals surface area contributed by atoms with Crippen molar-refractivity contribution in [2.75, 3.05) is 0 Å². The molecule has 0 aliphatic carbocycles. The average Bonchev–Trinajstić information content (AvgIpc) is 2.76. The predicted octanol–water partition coefficient (Wildman–Crippen LogP) is 4.63. The molecule has 0 amide bonds. The number of aliphatic hydroxyl groups excluding tert-OH is 1. The number of aliphatic carboxylic acids is 1. The van der Waals surface area contributed by atoms with E-state index >= 15 is 0 Å². The highest BCUT2D eigenvalue weighted by molar-refractivity contribution is 6.38. The molecule has 3 rings (SSSR count). The van der Waals surface area contributed by atoms with Crippen LogP contribution in [0.4, 0.5) is 8.78 Å². The van der Waals surface area contributed by atoms with Crippen molar-refractivity contribution in [1.29, 1.82) is 0 Å². The van der Waals surface area contributed by atoms with E-state index in [1.54, 1.807) is 0 Å². The Morgan fingerprint density at radius 3 is 2.15 bits per heavy atom. The van der Waals surface area contributed by atoms with Gasteiger partial charge in [0.05, 0.1) is 22.2 Å². The molecule has 0 atom stereocenters. The van der Waals surface area contributed by atoms with Gasteiger partial charge in [0.25, 0.3) is 11.3 Å². The smallest absolute Gasteiger partial charge is 0.376 e. The summed E-state index contributed by atoms with van der Waals surface area (Å²) >= 11 is 11.6. The van der Waals surface area contributed by atoms with Crippen LogP contribution in [0.2, 0.25) is 10.0 Å². The highest BCUT2D eigenvalue weighted by Gasteiger charge is 2.17. The van der Waals surface area contributed by atoms with Crippen LogP contribution in [-0.4, -0.2) is 26.5 Å². The monoisotopic (exact) mass is 493 g/mol. The van der Waals surface area contributed by atoms with Crippen LogP contribution in [0.1, 0.15) is 22.3 Å². The summed E-state index contributed by atoms with van der Waals surface area (Å²) in [6.07, 6.45) is 1.64. The fourth-order valence-corrected chi connectivity index (χ4v) is 3.51. The molecule has 0 unspecified atom stereocenters. The van der Waals surface area contributed by atoms with E-state index in [-0.39, 0.29) is 34.1 Å². The number of carboxylic acids is 1. The molecule has 1 heterocycles. The summed E-state index contributed by atoms with van der Waals surface area (Å²) in [4.78, 5) is 35.2. The molecule has 2 N–H and O–H groups in total. The van der Waals surface area contributed by atoms with Crippen molar-refractivity contribution in [2.45, 2.75) is 13.0 Å². The van der Waals surface area contributed by atoms with Crippen LogP contribution in [-0.2, 0) is 22.6 Å². The molecule has 0 saturated carbocycles. The van der Waals surface area contributed by atoms with E-state index < -0.39 is 40.3 Å². The number of aromatic nitrogens is 1. The molecule has 0 spiro atoms. The summed E-state index contributed by atoms with van der Waals surface area (Å²) in [5.41, 5.74) is -0.719. The Bertz CT molecular complexity index is 1350. The standard InChI is InChI=1S/C23H15Cl2F2NO5/c24-16-5-1-3-13(20(16)26)7-12-8-15(18(29)9-19(30)23(32)33)22(31)28(10-12)11-14-4-2-6-17(25)21(14)27/h1-6,8-10,29H,7,11H2,(H,32,33)/b18-9-. The molecule has 1 aromatic heterocycles. The first-order valence-electron chi connectivity index (χ1n) is 9.36. The molecule has 33 heavy (non-hydrogen) atoms. The van der Waals surface area contributed by atoms with E-state index in [2.05, 4.69) is 0 Å². The van der Waals surface area contributed by atoms with Gasteiger partial charge < -0.3 is 14.8 Å². The quantitative estimate of drug-likeness (QED) is 0.284. The molecule has 10 heteroatoms. The van der Waals surface area contributed by atoms with Gasteiger partial charge in [-0.2, -0.15) is 0 Å². The number of carboxylic acid groups (broad SMARTS) is 1. The summed E-state index contributed by atoms with van der Waals surface area (Å²) < 4.78 is 29.8. The zero-order valence-electron chi connectivity index (χ0n) is 16.7. The number of aliphatic hydroxyl groups is 1. The first kappa shape index (κ1) is 24.2. The minimum Gasteiger partial charge on any atom is -0.507 e. The van der Waals surface area contributed by atoms with Gasteiger partial charge in [0.15, 0.2) is 0 Å². The number of ketones is 1. The lowest BCUT2D eigenvalue weighted by molar-refractivity contribution is -0.146. The Kier molecular flexibility index (Phi) is 7.30. The molecular weight excluding hydrogens is 479 g/mol. The number of pyridine rings is 1. The van der Waals surface area contributed by atoms with Crippen LogP contribution in [0.5, 0.6) is 0 Å². The number of halogens is 4. The molecule has 0 saturated heterocycles. The molecule has 0 bridgehead atoms. The average molecular weight is 494 g/mol. The van der Waals surface area contributed by atoms with Gasteiger partial charge in [-0.25, -0.2) is 13.6 Å². The Morgan fingerprint density at radius 2 is 1.55 bits per heavy atom. The molecule has 0 radical (unpaired) electrons. The maximum absolute atomic E-state index is 14.4. The molecular formula is C23H15Cl2F2NO5. The number of carbonyl (C=O) groups excluding carboxylic acids is 1. The maximum atomic E-state index is 14.4. The Morgan fingerprint density at radius 1 is 0.970 bits per heavy atom. The Labute approximate surface area is 195 Å². The van der Waals surface area contributed by atoms with Crippen LogP contribution in [0.25, 0.3) is 5.76 Å². The Balaban J connectivity index is 2.15. The van der Waals surface area contributed by atoms with Crippen molar-refractivity contribution < 1.29 is 28.6 Å². The lowest BCUT2D eigenvalue weighted by Crippen LogP contribution is -2.25.